The van der Waals surface area contributed by atoms with Crippen LogP contribution in [0.3, 0.4) is 0 Å². The summed E-state index contributed by atoms with van der Waals surface area (Å²) in [4.78, 5) is 0. The van der Waals surface area contributed by atoms with Crippen LogP contribution in [-0.4, -0.2) is 34.5 Å². The fourth-order valence-electron chi connectivity index (χ4n) is 1.83. The molecule has 0 saturated carbocycles. The van der Waals surface area contributed by atoms with Gasteiger partial charge < -0.3 is 15.0 Å². The largest absolute Gasteiger partial charge is 0.380 e. The molecule has 0 spiro atoms. The molecule has 5 nitrogen and oxygen atoms in total. The Bertz CT molecular complexity index is 306. The van der Waals surface area contributed by atoms with E-state index in [2.05, 4.69) is 14.8 Å². The number of ether oxygens (including phenoxy) is 1. The first kappa shape index (κ1) is 9.61. The zero-order chi connectivity index (χ0) is 9.97. The van der Waals surface area contributed by atoms with Crippen LogP contribution in [0.1, 0.15) is 18.1 Å². The quantitative estimate of drug-likeness (QED) is 0.720. The molecule has 0 bridgehead atoms. The number of hydrogen-bond donors (Lipinski definition) is 1. The van der Waals surface area contributed by atoms with E-state index in [1.807, 2.05) is 0 Å². The standard InChI is InChI=1S/C9H16N4O/c1-14-7(6-10)5-9-12-11-8-3-2-4-13(8)9/h7H,2-6,10H2,1H3. The van der Waals surface area contributed by atoms with Gasteiger partial charge in [-0.05, 0) is 6.42 Å². The van der Waals surface area contributed by atoms with Crippen molar-refractivity contribution in [3.05, 3.63) is 11.6 Å². The molecule has 1 aromatic rings. The molecular formula is C9H16N4O. The predicted octanol–water partition coefficient (Wildman–Crippen LogP) is -0.259. The number of rotatable bonds is 4. The van der Waals surface area contributed by atoms with Gasteiger partial charge in [0.2, 0.25) is 0 Å². The minimum atomic E-state index is 0.0592. The molecule has 1 aliphatic rings. The van der Waals surface area contributed by atoms with E-state index in [-0.39, 0.29) is 6.10 Å². The second-order valence-electron chi connectivity index (χ2n) is 3.59. The van der Waals surface area contributed by atoms with E-state index in [4.69, 9.17) is 10.5 Å². The number of methoxy groups -OCH3 is 1. The van der Waals surface area contributed by atoms with Crippen molar-refractivity contribution >= 4 is 0 Å². The smallest absolute Gasteiger partial charge is 0.135 e. The lowest BCUT2D eigenvalue weighted by Gasteiger charge is -2.11. The Hall–Kier alpha value is -0.940. The Kier molecular flexibility index (Phi) is 2.79. The Morgan fingerprint density at radius 2 is 2.43 bits per heavy atom. The maximum Gasteiger partial charge on any atom is 0.135 e. The highest BCUT2D eigenvalue weighted by molar-refractivity contribution is 5.01. The minimum Gasteiger partial charge on any atom is -0.380 e. The van der Waals surface area contributed by atoms with Crippen LogP contribution < -0.4 is 5.73 Å². The van der Waals surface area contributed by atoms with E-state index in [0.717, 1.165) is 31.0 Å². The second kappa shape index (κ2) is 4.06. The fourth-order valence-corrected chi connectivity index (χ4v) is 1.83. The molecule has 1 atom stereocenters. The molecular weight excluding hydrogens is 180 g/mol. The van der Waals surface area contributed by atoms with Crippen molar-refractivity contribution in [3.8, 4) is 0 Å². The molecule has 2 heterocycles. The Labute approximate surface area is 83.3 Å². The van der Waals surface area contributed by atoms with Crippen LogP contribution in [0.5, 0.6) is 0 Å². The summed E-state index contributed by atoms with van der Waals surface area (Å²) in [6, 6.07) is 0. The molecule has 0 aromatic carbocycles. The van der Waals surface area contributed by atoms with E-state index < -0.39 is 0 Å². The highest BCUT2D eigenvalue weighted by atomic mass is 16.5. The summed E-state index contributed by atoms with van der Waals surface area (Å²) in [5, 5.41) is 8.29. The molecule has 0 radical (unpaired) electrons. The first-order chi connectivity index (χ1) is 6.85. The van der Waals surface area contributed by atoms with Gasteiger partial charge in [-0.15, -0.1) is 10.2 Å². The fraction of sp³-hybridized carbons (Fsp3) is 0.778. The lowest BCUT2D eigenvalue weighted by atomic mass is 10.2. The first-order valence-electron chi connectivity index (χ1n) is 4.99. The van der Waals surface area contributed by atoms with Gasteiger partial charge in [-0.25, -0.2) is 0 Å². The van der Waals surface area contributed by atoms with Crippen LogP contribution >= 0.6 is 0 Å². The van der Waals surface area contributed by atoms with Gasteiger partial charge in [0.25, 0.3) is 0 Å². The molecule has 1 unspecified atom stereocenters. The molecule has 78 valence electrons. The lowest BCUT2D eigenvalue weighted by Crippen LogP contribution is -2.26. The molecule has 5 heteroatoms. The maximum atomic E-state index is 5.56. The first-order valence-corrected chi connectivity index (χ1v) is 4.99. The molecule has 1 aliphatic heterocycles. The summed E-state index contributed by atoms with van der Waals surface area (Å²) in [7, 11) is 1.68. The Balaban J connectivity index is 2.09. The van der Waals surface area contributed by atoms with Crippen molar-refractivity contribution in [2.45, 2.75) is 31.9 Å². The van der Waals surface area contributed by atoms with Crippen LogP contribution in [0.25, 0.3) is 0 Å². The summed E-state index contributed by atoms with van der Waals surface area (Å²) in [5.41, 5.74) is 5.56. The zero-order valence-electron chi connectivity index (χ0n) is 8.44. The van der Waals surface area contributed by atoms with Gasteiger partial charge in [0.05, 0.1) is 6.10 Å². The van der Waals surface area contributed by atoms with Crippen LogP contribution in [0.4, 0.5) is 0 Å². The van der Waals surface area contributed by atoms with Crippen LogP contribution in [-0.2, 0) is 24.1 Å². The predicted molar refractivity (Wildman–Crippen MR) is 51.9 cm³/mol. The average molecular weight is 196 g/mol. The van der Waals surface area contributed by atoms with Crippen molar-refractivity contribution in [2.24, 2.45) is 5.73 Å². The second-order valence-corrected chi connectivity index (χ2v) is 3.59. The SMILES string of the molecule is COC(CN)Cc1nnc2n1CCC2. The summed E-state index contributed by atoms with van der Waals surface area (Å²) in [5.74, 6) is 2.11. The van der Waals surface area contributed by atoms with Gasteiger partial charge in [0.15, 0.2) is 0 Å². The number of aryl methyl sites for hydroxylation is 1. The number of nitrogens with two attached hydrogens (primary N) is 1. The number of nitrogens with zero attached hydrogens (tertiary/aromatic N) is 3. The van der Waals surface area contributed by atoms with Crippen molar-refractivity contribution in [1.82, 2.24) is 14.8 Å². The maximum absolute atomic E-state index is 5.56. The molecule has 0 fully saturated rings. The molecule has 2 rings (SSSR count). The highest BCUT2D eigenvalue weighted by Crippen LogP contribution is 2.15. The average Bonchev–Trinajstić information content (AvgIpc) is 2.77. The van der Waals surface area contributed by atoms with Gasteiger partial charge in [0, 0.05) is 33.0 Å². The van der Waals surface area contributed by atoms with Crippen LogP contribution in [0, 0.1) is 0 Å². The van der Waals surface area contributed by atoms with Crippen molar-refractivity contribution in [2.75, 3.05) is 13.7 Å². The Morgan fingerprint density at radius 1 is 1.57 bits per heavy atom. The summed E-state index contributed by atoms with van der Waals surface area (Å²) >= 11 is 0. The summed E-state index contributed by atoms with van der Waals surface area (Å²) in [6.07, 6.45) is 3.05. The van der Waals surface area contributed by atoms with E-state index >= 15 is 0 Å². The van der Waals surface area contributed by atoms with Crippen molar-refractivity contribution < 1.29 is 4.74 Å². The molecule has 14 heavy (non-hydrogen) atoms. The van der Waals surface area contributed by atoms with E-state index in [1.165, 1.54) is 6.42 Å². The minimum absolute atomic E-state index is 0.0592. The van der Waals surface area contributed by atoms with E-state index in [9.17, 15) is 0 Å². The summed E-state index contributed by atoms with van der Waals surface area (Å²) < 4.78 is 7.41. The lowest BCUT2D eigenvalue weighted by molar-refractivity contribution is 0.107. The van der Waals surface area contributed by atoms with Gasteiger partial charge in [-0.1, -0.05) is 0 Å². The highest BCUT2D eigenvalue weighted by Gasteiger charge is 2.19. The van der Waals surface area contributed by atoms with Gasteiger partial charge in [-0.3, -0.25) is 0 Å². The number of fused-ring (bicyclic) bond motifs is 1. The van der Waals surface area contributed by atoms with Crippen LogP contribution in [0.15, 0.2) is 0 Å². The van der Waals surface area contributed by atoms with Crippen molar-refractivity contribution in [3.63, 3.8) is 0 Å². The molecule has 1 aromatic heterocycles. The molecule has 0 amide bonds. The van der Waals surface area contributed by atoms with Crippen LogP contribution in [0.2, 0.25) is 0 Å². The Morgan fingerprint density at radius 3 is 3.14 bits per heavy atom. The molecule has 2 N–H and O–H groups in total. The third kappa shape index (κ3) is 1.65. The number of hydrogen-bond acceptors (Lipinski definition) is 4. The molecule has 0 aliphatic carbocycles. The zero-order valence-corrected chi connectivity index (χ0v) is 8.44. The normalized spacial score (nSPS) is 17.0. The topological polar surface area (TPSA) is 66.0 Å². The van der Waals surface area contributed by atoms with E-state index in [0.29, 0.717) is 6.54 Å². The monoisotopic (exact) mass is 196 g/mol. The summed E-state index contributed by atoms with van der Waals surface area (Å²) in [6.45, 7) is 1.57. The van der Waals surface area contributed by atoms with Gasteiger partial charge in [-0.2, -0.15) is 0 Å². The third-order valence-electron chi connectivity index (χ3n) is 2.69. The van der Waals surface area contributed by atoms with E-state index in [1.54, 1.807) is 7.11 Å². The molecule has 0 saturated heterocycles. The number of aromatic nitrogens is 3. The van der Waals surface area contributed by atoms with Gasteiger partial charge >= 0.3 is 0 Å². The van der Waals surface area contributed by atoms with Crippen molar-refractivity contribution in [1.29, 1.82) is 0 Å². The third-order valence-corrected chi connectivity index (χ3v) is 2.69. The van der Waals surface area contributed by atoms with Gasteiger partial charge in [0.1, 0.15) is 11.6 Å².